The van der Waals surface area contributed by atoms with Gasteiger partial charge in [0.15, 0.2) is 0 Å². The largest absolute Gasteiger partial charge is 0.481 e. The van der Waals surface area contributed by atoms with Crippen molar-refractivity contribution in [3.05, 3.63) is 54.2 Å². The zero-order valence-corrected chi connectivity index (χ0v) is 10.4. The van der Waals surface area contributed by atoms with Gasteiger partial charge < -0.3 is 9.84 Å². The quantitative estimate of drug-likeness (QED) is 0.853. The monoisotopic (exact) mass is 255 g/mol. The Balaban J connectivity index is 2.19. The van der Waals surface area contributed by atoms with Crippen molar-refractivity contribution in [3.8, 4) is 17.0 Å². The van der Waals surface area contributed by atoms with E-state index in [0.29, 0.717) is 5.88 Å². The minimum Gasteiger partial charge on any atom is -0.481 e. The van der Waals surface area contributed by atoms with Gasteiger partial charge in [0, 0.05) is 23.9 Å². The minimum absolute atomic E-state index is 0.574. The number of pyridine rings is 1. The van der Waals surface area contributed by atoms with Crippen LogP contribution in [0, 0.1) is 0 Å². The van der Waals surface area contributed by atoms with Crippen LogP contribution >= 0.6 is 0 Å². The first-order chi connectivity index (χ1) is 9.19. The van der Waals surface area contributed by atoms with Crippen molar-refractivity contribution in [1.82, 2.24) is 4.98 Å². The number of rotatable bonds is 4. The molecule has 19 heavy (non-hydrogen) atoms. The number of ether oxygens (including phenoxy) is 1. The Bertz CT molecular complexity index is 586. The highest BCUT2D eigenvalue weighted by Gasteiger charge is 1.99. The van der Waals surface area contributed by atoms with Crippen molar-refractivity contribution in [1.29, 1.82) is 0 Å². The van der Waals surface area contributed by atoms with Gasteiger partial charge in [0.05, 0.1) is 7.11 Å². The number of benzene rings is 1. The van der Waals surface area contributed by atoms with Crippen LogP contribution < -0.4 is 4.74 Å². The number of carboxylic acids is 1. The first-order valence-corrected chi connectivity index (χ1v) is 5.70. The lowest BCUT2D eigenvalue weighted by Crippen LogP contribution is -1.87. The van der Waals surface area contributed by atoms with E-state index in [1.165, 1.54) is 0 Å². The summed E-state index contributed by atoms with van der Waals surface area (Å²) in [4.78, 5) is 14.6. The second-order valence-corrected chi connectivity index (χ2v) is 3.88. The summed E-state index contributed by atoms with van der Waals surface area (Å²) in [5.41, 5.74) is 2.84. The van der Waals surface area contributed by atoms with E-state index in [1.54, 1.807) is 25.4 Å². The number of hydrogen-bond acceptors (Lipinski definition) is 3. The molecule has 0 saturated heterocycles. The molecule has 1 heterocycles. The first-order valence-electron chi connectivity index (χ1n) is 5.70. The van der Waals surface area contributed by atoms with Crippen molar-refractivity contribution in [2.24, 2.45) is 0 Å². The molecule has 0 fully saturated rings. The molecule has 4 heteroatoms. The number of aliphatic carboxylic acids is 1. The van der Waals surface area contributed by atoms with Gasteiger partial charge in [-0.05, 0) is 23.3 Å². The van der Waals surface area contributed by atoms with Gasteiger partial charge in [-0.2, -0.15) is 0 Å². The lowest BCUT2D eigenvalue weighted by atomic mass is 10.1. The number of methoxy groups -OCH3 is 1. The van der Waals surface area contributed by atoms with Gasteiger partial charge in [-0.25, -0.2) is 9.78 Å². The van der Waals surface area contributed by atoms with Crippen molar-refractivity contribution in [3.63, 3.8) is 0 Å². The molecule has 0 aliphatic heterocycles. The Kier molecular flexibility index (Phi) is 3.93. The van der Waals surface area contributed by atoms with Crippen molar-refractivity contribution >= 4 is 12.0 Å². The van der Waals surface area contributed by atoms with E-state index in [9.17, 15) is 4.79 Å². The first kappa shape index (κ1) is 12.8. The van der Waals surface area contributed by atoms with Gasteiger partial charge >= 0.3 is 5.97 Å². The Labute approximate surface area is 111 Å². The summed E-state index contributed by atoms with van der Waals surface area (Å²) in [6.45, 7) is 0. The SMILES string of the molecule is COc1ccc(-c2ccc(/C=C/C(=O)O)cc2)cn1. The number of carbonyl (C=O) groups is 1. The summed E-state index contributed by atoms with van der Waals surface area (Å²) in [6.07, 6.45) is 4.41. The molecule has 0 saturated carbocycles. The van der Waals surface area contributed by atoms with Gasteiger partial charge in [0.2, 0.25) is 5.88 Å². The molecule has 0 aliphatic carbocycles. The Morgan fingerprint density at radius 1 is 1.16 bits per heavy atom. The van der Waals surface area contributed by atoms with Crippen LogP contribution in [0.3, 0.4) is 0 Å². The molecule has 0 bridgehead atoms. The van der Waals surface area contributed by atoms with E-state index in [1.807, 2.05) is 30.3 Å². The average Bonchev–Trinajstić information content (AvgIpc) is 2.46. The summed E-state index contributed by atoms with van der Waals surface area (Å²) in [5.74, 6) is -0.381. The van der Waals surface area contributed by atoms with Crippen LogP contribution in [0.4, 0.5) is 0 Å². The summed E-state index contributed by atoms with van der Waals surface area (Å²) in [5, 5.41) is 8.55. The summed E-state index contributed by atoms with van der Waals surface area (Å²) in [6, 6.07) is 11.3. The maximum Gasteiger partial charge on any atom is 0.328 e. The molecule has 0 atom stereocenters. The summed E-state index contributed by atoms with van der Waals surface area (Å²) >= 11 is 0. The van der Waals surface area contributed by atoms with Crippen LogP contribution in [0.2, 0.25) is 0 Å². The highest BCUT2D eigenvalue weighted by atomic mass is 16.5. The Hall–Kier alpha value is -2.62. The molecule has 0 spiro atoms. The fourth-order valence-electron chi connectivity index (χ4n) is 1.63. The van der Waals surface area contributed by atoms with Crippen LogP contribution in [0.5, 0.6) is 5.88 Å². The molecular weight excluding hydrogens is 242 g/mol. The number of nitrogens with zero attached hydrogens (tertiary/aromatic N) is 1. The second-order valence-electron chi connectivity index (χ2n) is 3.88. The van der Waals surface area contributed by atoms with Gasteiger partial charge in [0.25, 0.3) is 0 Å². The lowest BCUT2D eigenvalue weighted by Gasteiger charge is -2.03. The average molecular weight is 255 g/mol. The zero-order chi connectivity index (χ0) is 13.7. The predicted molar refractivity (Wildman–Crippen MR) is 72.9 cm³/mol. The molecule has 2 aromatic rings. The maximum absolute atomic E-state index is 10.4. The van der Waals surface area contributed by atoms with E-state index in [0.717, 1.165) is 22.8 Å². The molecule has 1 N–H and O–H groups in total. The van der Waals surface area contributed by atoms with E-state index in [4.69, 9.17) is 9.84 Å². The Morgan fingerprint density at radius 3 is 2.37 bits per heavy atom. The smallest absolute Gasteiger partial charge is 0.328 e. The van der Waals surface area contributed by atoms with Crippen LogP contribution in [-0.4, -0.2) is 23.2 Å². The van der Waals surface area contributed by atoms with E-state index in [2.05, 4.69) is 4.98 Å². The second kappa shape index (κ2) is 5.82. The standard InChI is InChI=1S/C15H13NO3/c1-19-14-8-7-13(10-16-14)12-5-2-11(3-6-12)4-9-15(17)18/h2-10H,1H3,(H,17,18)/b9-4+. The third kappa shape index (κ3) is 3.42. The van der Waals surface area contributed by atoms with Crippen LogP contribution in [0.1, 0.15) is 5.56 Å². The van der Waals surface area contributed by atoms with E-state index >= 15 is 0 Å². The predicted octanol–water partition coefficient (Wildman–Crippen LogP) is 2.86. The molecule has 0 radical (unpaired) electrons. The number of hydrogen-bond donors (Lipinski definition) is 1. The zero-order valence-electron chi connectivity index (χ0n) is 10.4. The topological polar surface area (TPSA) is 59.4 Å². The van der Waals surface area contributed by atoms with Gasteiger partial charge in [-0.15, -0.1) is 0 Å². The molecule has 1 aromatic carbocycles. The molecule has 96 valence electrons. The fraction of sp³-hybridized carbons (Fsp3) is 0.0667. The highest BCUT2D eigenvalue weighted by molar-refractivity contribution is 5.85. The molecule has 2 rings (SSSR count). The molecule has 1 aromatic heterocycles. The van der Waals surface area contributed by atoms with Crippen molar-refractivity contribution < 1.29 is 14.6 Å². The summed E-state index contributed by atoms with van der Waals surface area (Å²) < 4.78 is 5.00. The Morgan fingerprint density at radius 2 is 1.84 bits per heavy atom. The highest BCUT2D eigenvalue weighted by Crippen LogP contribution is 2.21. The third-order valence-corrected chi connectivity index (χ3v) is 2.61. The van der Waals surface area contributed by atoms with Crippen LogP contribution in [0.25, 0.3) is 17.2 Å². The summed E-state index contributed by atoms with van der Waals surface area (Å²) in [7, 11) is 1.57. The van der Waals surface area contributed by atoms with E-state index in [-0.39, 0.29) is 0 Å². The molecule has 0 aliphatic rings. The fourth-order valence-corrected chi connectivity index (χ4v) is 1.63. The van der Waals surface area contributed by atoms with Crippen LogP contribution in [-0.2, 0) is 4.79 Å². The van der Waals surface area contributed by atoms with Crippen LogP contribution in [0.15, 0.2) is 48.7 Å². The molecule has 4 nitrogen and oxygen atoms in total. The molecular formula is C15H13NO3. The van der Waals surface area contributed by atoms with Gasteiger partial charge in [-0.1, -0.05) is 24.3 Å². The number of aromatic nitrogens is 1. The van der Waals surface area contributed by atoms with Crippen molar-refractivity contribution in [2.45, 2.75) is 0 Å². The van der Waals surface area contributed by atoms with Gasteiger partial charge in [-0.3, -0.25) is 0 Å². The van der Waals surface area contributed by atoms with E-state index < -0.39 is 5.97 Å². The minimum atomic E-state index is -0.955. The molecule has 0 unspecified atom stereocenters. The molecule has 0 amide bonds. The number of carboxylic acid groups (broad SMARTS) is 1. The normalized spacial score (nSPS) is 10.6. The maximum atomic E-state index is 10.4. The lowest BCUT2D eigenvalue weighted by molar-refractivity contribution is -0.131. The third-order valence-electron chi connectivity index (χ3n) is 2.61. The van der Waals surface area contributed by atoms with Gasteiger partial charge in [0.1, 0.15) is 0 Å². The van der Waals surface area contributed by atoms with Crippen molar-refractivity contribution in [2.75, 3.05) is 7.11 Å².